The Bertz CT molecular complexity index is 921. The van der Waals surface area contributed by atoms with E-state index in [9.17, 15) is 9.59 Å². The van der Waals surface area contributed by atoms with Gasteiger partial charge in [-0.05, 0) is 36.6 Å². The van der Waals surface area contributed by atoms with Crippen molar-refractivity contribution in [2.75, 3.05) is 6.54 Å². The lowest BCUT2D eigenvalue weighted by atomic mass is 10.1. The zero-order chi connectivity index (χ0) is 16.4. The molecule has 0 aliphatic rings. The first kappa shape index (κ1) is 15.1. The number of hydrogen-bond donors (Lipinski definition) is 2. The van der Waals surface area contributed by atoms with Crippen molar-refractivity contribution in [3.05, 3.63) is 69.8 Å². The number of hydrogen-bond acceptors (Lipinski definition) is 2. The molecule has 0 spiro atoms. The highest BCUT2D eigenvalue weighted by Gasteiger charge is 2.08. The number of fused-ring (bicyclic) bond motifs is 1. The molecular weight excluding hydrogens is 290 g/mol. The highest BCUT2D eigenvalue weighted by atomic mass is 16.2. The standard InChI is InChI=1S/C18H19N3O2/c1-12-3-4-15-14(11-20-16(15)9-12)5-7-19-18(23)13-6-8-21(2)17(22)10-13/h3-4,6,8-11,20H,5,7H2,1-2H3,(H,19,23). The van der Waals surface area contributed by atoms with Crippen molar-refractivity contribution >= 4 is 16.8 Å². The SMILES string of the molecule is Cc1ccc2c(CCNC(=O)c3ccn(C)c(=O)c3)c[nH]c2c1. The Kier molecular flexibility index (Phi) is 4.02. The molecule has 0 fully saturated rings. The summed E-state index contributed by atoms with van der Waals surface area (Å²) in [5.41, 5.74) is 3.69. The molecule has 1 aromatic carbocycles. The molecule has 0 radical (unpaired) electrons. The fraction of sp³-hybridized carbons (Fsp3) is 0.222. The van der Waals surface area contributed by atoms with Crippen LogP contribution in [0.15, 0.2) is 47.5 Å². The largest absolute Gasteiger partial charge is 0.361 e. The zero-order valence-electron chi connectivity index (χ0n) is 13.2. The lowest BCUT2D eigenvalue weighted by molar-refractivity contribution is 0.0954. The summed E-state index contributed by atoms with van der Waals surface area (Å²) >= 11 is 0. The number of H-pyrrole nitrogens is 1. The maximum atomic E-state index is 12.1. The predicted molar refractivity (Wildman–Crippen MR) is 90.8 cm³/mol. The van der Waals surface area contributed by atoms with Crippen molar-refractivity contribution in [1.82, 2.24) is 14.9 Å². The number of benzene rings is 1. The van der Waals surface area contributed by atoms with Gasteiger partial charge in [-0.25, -0.2) is 0 Å². The molecular formula is C18H19N3O2. The number of carbonyl (C=O) groups excluding carboxylic acids is 1. The first-order valence-corrected chi connectivity index (χ1v) is 7.56. The Morgan fingerprint density at radius 2 is 2.09 bits per heavy atom. The molecule has 2 aromatic heterocycles. The Labute approximate surface area is 134 Å². The van der Waals surface area contributed by atoms with Crippen LogP contribution in [0.3, 0.4) is 0 Å². The van der Waals surface area contributed by atoms with E-state index in [1.165, 1.54) is 27.1 Å². The Morgan fingerprint density at radius 1 is 1.26 bits per heavy atom. The summed E-state index contributed by atoms with van der Waals surface area (Å²) in [6.45, 7) is 2.58. The van der Waals surface area contributed by atoms with Gasteiger partial charge in [0.25, 0.3) is 11.5 Å². The molecule has 0 saturated heterocycles. The molecule has 5 heteroatoms. The molecule has 23 heavy (non-hydrogen) atoms. The molecule has 0 saturated carbocycles. The summed E-state index contributed by atoms with van der Waals surface area (Å²) in [7, 11) is 1.66. The van der Waals surface area contributed by atoms with E-state index in [0.717, 1.165) is 11.9 Å². The maximum absolute atomic E-state index is 12.1. The van der Waals surface area contributed by atoms with Gasteiger partial charge >= 0.3 is 0 Å². The number of amides is 1. The van der Waals surface area contributed by atoms with Crippen LogP contribution < -0.4 is 10.9 Å². The van der Waals surface area contributed by atoms with E-state index in [1.807, 2.05) is 6.20 Å². The minimum atomic E-state index is -0.224. The number of carbonyl (C=O) groups is 1. The van der Waals surface area contributed by atoms with Crippen molar-refractivity contribution in [1.29, 1.82) is 0 Å². The van der Waals surface area contributed by atoms with Gasteiger partial charge in [-0.3, -0.25) is 9.59 Å². The molecule has 3 rings (SSSR count). The number of rotatable bonds is 4. The minimum Gasteiger partial charge on any atom is -0.361 e. The van der Waals surface area contributed by atoms with Gasteiger partial charge in [-0.2, -0.15) is 0 Å². The molecule has 0 aliphatic heterocycles. The van der Waals surface area contributed by atoms with Gasteiger partial charge in [0, 0.05) is 48.5 Å². The second kappa shape index (κ2) is 6.12. The van der Waals surface area contributed by atoms with Gasteiger partial charge in [0.1, 0.15) is 0 Å². The van der Waals surface area contributed by atoms with Crippen molar-refractivity contribution in [3.8, 4) is 0 Å². The van der Waals surface area contributed by atoms with Crippen LogP contribution in [0.25, 0.3) is 10.9 Å². The Morgan fingerprint density at radius 3 is 2.87 bits per heavy atom. The van der Waals surface area contributed by atoms with Crippen molar-refractivity contribution in [2.24, 2.45) is 7.05 Å². The van der Waals surface area contributed by atoms with Gasteiger partial charge in [0.2, 0.25) is 0 Å². The van der Waals surface area contributed by atoms with Crippen molar-refractivity contribution in [2.45, 2.75) is 13.3 Å². The predicted octanol–water partition coefficient (Wildman–Crippen LogP) is 2.15. The van der Waals surface area contributed by atoms with Crippen LogP contribution in [0, 0.1) is 6.92 Å². The summed E-state index contributed by atoms with van der Waals surface area (Å²) in [5.74, 6) is -0.224. The lowest BCUT2D eigenvalue weighted by Crippen LogP contribution is -2.27. The summed E-state index contributed by atoms with van der Waals surface area (Å²) in [6.07, 6.45) is 4.31. The van der Waals surface area contributed by atoms with E-state index >= 15 is 0 Å². The molecule has 2 N–H and O–H groups in total. The molecule has 2 heterocycles. The van der Waals surface area contributed by atoms with E-state index < -0.39 is 0 Å². The quantitative estimate of drug-likeness (QED) is 0.775. The van der Waals surface area contributed by atoms with Crippen LogP contribution in [0.1, 0.15) is 21.5 Å². The lowest BCUT2D eigenvalue weighted by Gasteiger charge is -2.05. The number of aromatic nitrogens is 2. The van der Waals surface area contributed by atoms with E-state index in [-0.39, 0.29) is 11.5 Å². The normalized spacial score (nSPS) is 10.9. The fourth-order valence-corrected chi connectivity index (χ4v) is 2.61. The number of pyridine rings is 1. The highest BCUT2D eigenvalue weighted by molar-refractivity contribution is 5.94. The number of nitrogens with one attached hydrogen (secondary N) is 2. The average Bonchev–Trinajstić information content (AvgIpc) is 2.92. The van der Waals surface area contributed by atoms with Crippen LogP contribution >= 0.6 is 0 Å². The van der Waals surface area contributed by atoms with Gasteiger partial charge in [0.05, 0.1) is 0 Å². The topological polar surface area (TPSA) is 66.9 Å². The zero-order valence-corrected chi connectivity index (χ0v) is 13.2. The Hall–Kier alpha value is -2.82. The van der Waals surface area contributed by atoms with Gasteiger partial charge < -0.3 is 14.9 Å². The number of aryl methyl sites for hydroxylation is 2. The molecule has 1 amide bonds. The van der Waals surface area contributed by atoms with E-state index in [2.05, 4.69) is 35.4 Å². The monoisotopic (exact) mass is 309 g/mol. The molecule has 0 atom stereocenters. The molecule has 5 nitrogen and oxygen atoms in total. The van der Waals surface area contributed by atoms with Crippen LogP contribution in [-0.2, 0) is 13.5 Å². The maximum Gasteiger partial charge on any atom is 0.251 e. The fourth-order valence-electron chi connectivity index (χ4n) is 2.61. The summed E-state index contributed by atoms with van der Waals surface area (Å²) in [6, 6.07) is 9.28. The summed E-state index contributed by atoms with van der Waals surface area (Å²) < 4.78 is 1.44. The second-order valence-electron chi connectivity index (χ2n) is 5.73. The third-order valence-corrected chi connectivity index (χ3v) is 3.97. The van der Waals surface area contributed by atoms with Crippen molar-refractivity contribution in [3.63, 3.8) is 0 Å². The molecule has 3 aromatic rings. The third-order valence-electron chi connectivity index (χ3n) is 3.97. The summed E-state index contributed by atoms with van der Waals surface area (Å²) in [4.78, 5) is 26.9. The molecule has 118 valence electrons. The Balaban J connectivity index is 1.65. The van der Waals surface area contributed by atoms with Crippen LogP contribution in [0.4, 0.5) is 0 Å². The minimum absolute atomic E-state index is 0.190. The van der Waals surface area contributed by atoms with Gasteiger partial charge in [-0.15, -0.1) is 0 Å². The second-order valence-corrected chi connectivity index (χ2v) is 5.73. The van der Waals surface area contributed by atoms with E-state index in [1.54, 1.807) is 19.3 Å². The average molecular weight is 309 g/mol. The highest BCUT2D eigenvalue weighted by Crippen LogP contribution is 2.19. The number of aromatic amines is 1. The van der Waals surface area contributed by atoms with Crippen LogP contribution in [0.2, 0.25) is 0 Å². The smallest absolute Gasteiger partial charge is 0.251 e. The molecule has 0 unspecified atom stereocenters. The first-order valence-electron chi connectivity index (χ1n) is 7.56. The molecule has 0 bridgehead atoms. The third kappa shape index (κ3) is 3.18. The van der Waals surface area contributed by atoms with Crippen LogP contribution in [0.5, 0.6) is 0 Å². The van der Waals surface area contributed by atoms with Crippen molar-refractivity contribution < 1.29 is 4.79 Å². The number of nitrogens with zero attached hydrogens (tertiary/aromatic N) is 1. The van der Waals surface area contributed by atoms with Crippen LogP contribution in [-0.4, -0.2) is 22.0 Å². The van der Waals surface area contributed by atoms with E-state index in [4.69, 9.17) is 0 Å². The summed E-state index contributed by atoms with van der Waals surface area (Å²) in [5, 5.41) is 4.04. The van der Waals surface area contributed by atoms with E-state index in [0.29, 0.717) is 12.1 Å². The first-order chi connectivity index (χ1) is 11.0. The van der Waals surface area contributed by atoms with Gasteiger partial charge in [0.15, 0.2) is 0 Å². The molecule has 0 aliphatic carbocycles. The van der Waals surface area contributed by atoms with Gasteiger partial charge in [-0.1, -0.05) is 12.1 Å².